The number of carbonyl (C=O) groups is 2. The van der Waals surface area contributed by atoms with Crippen LogP contribution in [0, 0.1) is 0 Å². The van der Waals surface area contributed by atoms with Gasteiger partial charge in [0, 0.05) is 19.6 Å². The van der Waals surface area contributed by atoms with Gasteiger partial charge in [0.05, 0.1) is 22.9 Å². The van der Waals surface area contributed by atoms with Crippen molar-refractivity contribution in [3.05, 3.63) is 64.7 Å². The predicted octanol–water partition coefficient (Wildman–Crippen LogP) is 3.76. The van der Waals surface area contributed by atoms with E-state index in [0.29, 0.717) is 12.5 Å². The third-order valence-corrected chi connectivity index (χ3v) is 10.0. The van der Waals surface area contributed by atoms with Crippen molar-refractivity contribution in [2.75, 3.05) is 26.2 Å². The van der Waals surface area contributed by atoms with Gasteiger partial charge in [-0.25, -0.2) is 8.42 Å². The molecule has 2 aliphatic heterocycles. The first-order valence-corrected chi connectivity index (χ1v) is 15.6. The first kappa shape index (κ1) is 29.5. The summed E-state index contributed by atoms with van der Waals surface area (Å²) in [5, 5.41) is 5.56. The summed E-state index contributed by atoms with van der Waals surface area (Å²) in [6.07, 6.45) is 1.05. The zero-order valence-electron chi connectivity index (χ0n) is 22.8. The number of nitrogens with zero attached hydrogens (tertiary/aromatic N) is 2. The number of aryl methyl sites for hydroxylation is 1. The number of fused-ring (bicyclic) bond motifs is 1. The Kier molecular flexibility index (Phi) is 8.72. The van der Waals surface area contributed by atoms with E-state index in [1.165, 1.54) is 30.4 Å². The van der Waals surface area contributed by atoms with Gasteiger partial charge < -0.3 is 10.6 Å². The topological polar surface area (TPSA) is 98.8 Å². The number of piperidine rings is 1. The second-order valence-corrected chi connectivity index (χ2v) is 12.9. The summed E-state index contributed by atoms with van der Waals surface area (Å²) in [4.78, 5) is 27.8. The molecule has 2 atom stereocenters. The van der Waals surface area contributed by atoms with Crippen LogP contribution in [-0.2, 0) is 38.8 Å². The predicted molar refractivity (Wildman–Crippen MR) is 146 cm³/mol. The third-order valence-electron chi connectivity index (χ3n) is 8.14. The molecule has 0 spiro atoms. The van der Waals surface area contributed by atoms with E-state index < -0.39 is 50.9 Å². The Morgan fingerprint density at radius 1 is 1.02 bits per heavy atom. The number of benzene rings is 2. The first-order chi connectivity index (χ1) is 19.5. The highest BCUT2D eigenvalue weighted by atomic mass is 32.2. The minimum atomic E-state index is -4.73. The maximum absolute atomic E-state index is 13.4. The number of hydrogen-bond acceptors (Lipinski definition) is 5. The van der Waals surface area contributed by atoms with Crippen LogP contribution < -0.4 is 10.6 Å². The maximum atomic E-state index is 13.4. The van der Waals surface area contributed by atoms with Crippen LogP contribution in [-0.4, -0.2) is 61.7 Å². The van der Waals surface area contributed by atoms with E-state index in [-0.39, 0.29) is 19.1 Å². The molecule has 0 saturated carbocycles. The highest BCUT2D eigenvalue weighted by molar-refractivity contribution is 7.89. The van der Waals surface area contributed by atoms with Crippen molar-refractivity contribution in [3.63, 3.8) is 0 Å². The lowest BCUT2D eigenvalue weighted by atomic mass is 9.86. The third kappa shape index (κ3) is 6.76. The van der Waals surface area contributed by atoms with Gasteiger partial charge >= 0.3 is 6.18 Å². The van der Waals surface area contributed by atoms with Gasteiger partial charge in [-0.3, -0.25) is 14.5 Å². The SMILES string of the molecule is O=C(C[C@@H]1C(=O)NCCN1S(=O)(=O)c1cccc(C(F)(F)F)c1)N[C@@H]1CCCc2cc(CN3CCCCC3)ccc21. The van der Waals surface area contributed by atoms with E-state index >= 15 is 0 Å². The number of likely N-dealkylation sites (tertiary alicyclic amines) is 1. The molecule has 12 heteroatoms. The molecule has 0 unspecified atom stereocenters. The number of halogens is 3. The number of piperazine rings is 1. The van der Waals surface area contributed by atoms with E-state index in [1.807, 2.05) is 0 Å². The molecule has 2 N–H and O–H groups in total. The van der Waals surface area contributed by atoms with E-state index in [2.05, 4.69) is 33.7 Å². The minimum absolute atomic E-state index is 0.00902. The van der Waals surface area contributed by atoms with Crippen LogP contribution in [0.15, 0.2) is 47.4 Å². The van der Waals surface area contributed by atoms with E-state index in [4.69, 9.17) is 0 Å². The standard InChI is InChI=1S/C29H35F3N4O4S/c30-29(31,32)22-7-5-8-23(17-22)41(39,40)36-15-12-33-28(38)26(36)18-27(37)34-25-9-4-6-21-16-20(10-11-24(21)25)19-35-13-2-1-3-14-35/h5,7-8,10-11,16-17,25-26H,1-4,6,9,12-15,18-19H2,(H,33,38)(H,34,37)/t25-,26-/m1/s1. The fraction of sp³-hybridized carbons (Fsp3) is 0.517. The van der Waals surface area contributed by atoms with Crippen LogP contribution in [0.5, 0.6) is 0 Å². The van der Waals surface area contributed by atoms with Crippen molar-refractivity contribution in [1.29, 1.82) is 0 Å². The van der Waals surface area contributed by atoms with Gasteiger partial charge in [-0.15, -0.1) is 0 Å². The molecule has 0 radical (unpaired) electrons. The van der Waals surface area contributed by atoms with Crippen molar-refractivity contribution < 1.29 is 31.2 Å². The number of rotatable bonds is 7. The Morgan fingerprint density at radius 3 is 2.56 bits per heavy atom. The normalized spacial score (nSPS) is 22.6. The lowest BCUT2D eigenvalue weighted by molar-refractivity contribution is -0.137. The maximum Gasteiger partial charge on any atom is 0.416 e. The van der Waals surface area contributed by atoms with Crippen molar-refractivity contribution >= 4 is 21.8 Å². The Balaban J connectivity index is 1.29. The average molecular weight is 593 g/mol. The van der Waals surface area contributed by atoms with Crippen LogP contribution in [0.25, 0.3) is 0 Å². The van der Waals surface area contributed by atoms with Gasteiger partial charge in [0.2, 0.25) is 21.8 Å². The molecule has 222 valence electrons. The zero-order valence-corrected chi connectivity index (χ0v) is 23.6. The summed E-state index contributed by atoms with van der Waals surface area (Å²) < 4.78 is 67.3. The quantitative estimate of drug-likeness (QED) is 0.510. The molecule has 41 heavy (non-hydrogen) atoms. The summed E-state index contributed by atoms with van der Waals surface area (Å²) in [7, 11) is -4.48. The number of carbonyl (C=O) groups excluding carboxylic acids is 2. The monoisotopic (exact) mass is 592 g/mol. The van der Waals surface area contributed by atoms with Crippen LogP contribution in [0.2, 0.25) is 0 Å². The highest BCUT2D eigenvalue weighted by Gasteiger charge is 2.41. The molecule has 2 aromatic carbocycles. The summed E-state index contributed by atoms with van der Waals surface area (Å²) in [6, 6.07) is 8.12. The second-order valence-electron chi connectivity index (χ2n) is 11.0. The van der Waals surface area contributed by atoms with E-state index in [9.17, 15) is 31.2 Å². The number of alkyl halides is 3. The van der Waals surface area contributed by atoms with Crippen molar-refractivity contribution in [1.82, 2.24) is 19.8 Å². The molecule has 2 amide bonds. The molecule has 1 aliphatic carbocycles. The van der Waals surface area contributed by atoms with Gasteiger partial charge in [-0.2, -0.15) is 17.5 Å². The number of amides is 2. The largest absolute Gasteiger partial charge is 0.416 e. The lowest BCUT2D eigenvalue weighted by Crippen LogP contribution is -2.58. The van der Waals surface area contributed by atoms with Crippen LogP contribution >= 0.6 is 0 Å². The van der Waals surface area contributed by atoms with Crippen LogP contribution in [0.3, 0.4) is 0 Å². The molecular formula is C29H35F3N4O4S. The zero-order chi connectivity index (χ0) is 29.2. The van der Waals surface area contributed by atoms with Gasteiger partial charge in [-0.05, 0) is 80.1 Å². The fourth-order valence-corrected chi connectivity index (χ4v) is 7.70. The summed E-state index contributed by atoms with van der Waals surface area (Å²) >= 11 is 0. The first-order valence-electron chi connectivity index (χ1n) is 14.1. The van der Waals surface area contributed by atoms with Crippen molar-refractivity contribution in [2.24, 2.45) is 0 Å². The Morgan fingerprint density at radius 2 is 1.80 bits per heavy atom. The van der Waals surface area contributed by atoms with E-state index in [0.717, 1.165) is 60.5 Å². The number of hydrogen-bond donors (Lipinski definition) is 2. The molecule has 0 bridgehead atoms. The van der Waals surface area contributed by atoms with Gasteiger partial charge in [0.25, 0.3) is 0 Å². The average Bonchev–Trinajstić information content (AvgIpc) is 2.94. The summed E-state index contributed by atoms with van der Waals surface area (Å²) in [5.41, 5.74) is 2.34. The molecule has 2 saturated heterocycles. The fourth-order valence-electron chi connectivity index (χ4n) is 6.06. The molecule has 0 aromatic heterocycles. The van der Waals surface area contributed by atoms with Gasteiger partial charge in [0.1, 0.15) is 6.04 Å². The molecule has 2 aromatic rings. The summed E-state index contributed by atoms with van der Waals surface area (Å²) in [5.74, 6) is -1.15. The number of nitrogens with one attached hydrogen (secondary N) is 2. The van der Waals surface area contributed by atoms with Crippen LogP contribution in [0.1, 0.15) is 66.8 Å². The molecule has 3 aliphatic rings. The molecule has 5 rings (SSSR count). The smallest absolute Gasteiger partial charge is 0.353 e. The lowest BCUT2D eigenvalue weighted by Gasteiger charge is -2.34. The highest BCUT2D eigenvalue weighted by Crippen LogP contribution is 2.33. The van der Waals surface area contributed by atoms with Gasteiger partial charge in [0.15, 0.2) is 0 Å². The van der Waals surface area contributed by atoms with Crippen molar-refractivity contribution in [2.45, 2.75) is 74.6 Å². The van der Waals surface area contributed by atoms with Gasteiger partial charge in [-0.1, -0.05) is 30.7 Å². The summed E-state index contributed by atoms with van der Waals surface area (Å²) in [6.45, 7) is 2.94. The minimum Gasteiger partial charge on any atom is -0.353 e. The Labute approximate surface area is 238 Å². The van der Waals surface area contributed by atoms with Crippen LogP contribution in [0.4, 0.5) is 13.2 Å². The van der Waals surface area contributed by atoms with E-state index in [1.54, 1.807) is 0 Å². The molecule has 2 heterocycles. The molecule has 2 fully saturated rings. The molecule has 8 nitrogen and oxygen atoms in total. The Bertz CT molecular complexity index is 1390. The van der Waals surface area contributed by atoms with Crippen molar-refractivity contribution in [3.8, 4) is 0 Å². The Hall–Kier alpha value is -2.96. The second kappa shape index (κ2) is 12.1. The molecular weight excluding hydrogens is 557 g/mol. The number of sulfonamides is 1.